The van der Waals surface area contributed by atoms with Gasteiger partial charge in [-0.15, -0.1) is 11.3 Å². The van der Waals surface area contributed by atoms with Gasteiger partial charge in [0, 0.05) is 24.2 Å². The topological polar surface area (TPSA) is 34.6 Å². The van der Waals surface area contributed by atoms with Crippen molar-refractivity contribution in [2.24, 2.45) is 0 Å². The minimum atomic E-state index is -0.189. The maximum absolute atomic E-state index is 6.28. The van der Waals surface area contributed by atoms with Crippen molar-refractivity contribution in [2.45, 2.75) is 25.4 Å². The van der Waals surface area contributed by atoms with Crippen LogP contribution < -0.4 is 9.47 Å². The predicted molar refractivity (Wildman–Crippen MR) is 111 cm³/mol. The minimum absolute atomic E-state index is 0.189. The molecule has 4 nitrogen and oxygen atoms in total. The lowest BCUT2D eigenvalue weighted by atomic mass is 9.94. The van der Waals surface area contributed by atoms with E-state index in [0.717, 1.165) is 54.5 Å². The molecular formula is C21H23ClN2O2S. The Morgan fingerprint density at radius 1 is 1.19 bits per heavy atom. The number of hydrogen-bond donors (Lipinski definition) is 0. The molecule has 0 radical (unpaired) electrons. The minimum Gasteiger partial charge on any atom is -0.492 e. The normalized spacial score (nSPS) is 20.7. The van der Waals surface area contributed by atoms with Gasteiger partial charge in [0.15, 0.2) is 0 Å². The second-order valence-electron chi connectivity index (χ2n) is 7.22. The molecule has 1 atom stereocenters. The summed E-state index contributed by atoms with van der Waals surface area (Å²) in [5, 5.41) is 0.728. The van der Waals surface area contributed by atoms with Crippen LogP contribution in [0, 0.1) is 0 Å². The first-order valence-corrected chi connectivity index (χ1v) is 10.5. The third-order valence-corrected chi connectivity index (χ3v) is 5.96. The summed E-state index contributed by atoms with van der Waals surface area (Å²) in [6.45, 7) is 5.70. The van der Waals surface area contributed by atoms with E-state index in [1.165, 1.54) is 4.70 Å². The Morgan fingerprint density at radius 2 is 2.00 bits per heavy atom. The number of fused-ring (bicyclic) bond motifs is 1. The number of piperidine rings is 1. The molecule has 1 aromatic heterocycles. The molecule has 2 heterocycles. The van der Waals surface area contributed by atoms with Crippen molar-refractivity contribution in [3.05, 3.63) is 53.0 Å². The molecule has 6 heteroatoms. The largest absolute Gasteiger partial charge is 0.492 e. The van der Waals surface area contributed by atoms with Crippen molar-refractivity contribution < 1.29 is 9.47 Å². The van der Waals surface area contributed by atoms with Crippen molar-refractivity contribution in [3.63, 3.8) is 0 Å². The van der Waals surface area contributed by atoms with Gasteiger partial charge in [0.25, 0.3) is 0 Å². The van der Waals surface area contributed by atoms with Gasteiger partial charge in [-0.2, -0.15) is 0 Å². The monoisotopic (exact) mass is 402 g/mol. The molecular weight excluding hydrogens is 380 g/mol. The van der Waals surface area contributed by atoms with Gasteiger partial charge in [-0.1, -0.05) is 11.6 Å². The van der Waals surface area contributed by atoms with E-state index in [-0.39, 0.29) is 5.60 Å². The summed E-state index contributed by atoms with van der Waals surface area (Å²) < 4.78 is 13.4. The molecule has 1 unspecified atom stereocenters. The van der Waals surface area contributed by atoms with Gasteiger partial charge in [0.05, 0.1) is 15.7 Å². The summed E-state index contributed by atoms with van der Waals surface area (Å²) in [4.78, 5) is 6.76. The van der Waals surface area contributed by atoms with Gasteiger partial charge < -0.3 is 9.47 Å². The molecule has 0 spiro atoms. The Balaban J connectivity index is 1.30. The van der Waals surface area contributed by atoms with Crippen LogP contribution in [0.15, 0.2) is 48.0 Å². The summed E-state index contributed by atoms with van der Waals surface area (Å²) in [7, 11) is 0. The van der Waals surface area contributed by atoms with E-state index >= 15 is 0 Å². The van der Waals surface area contributed by atoms with Crippen LogP contribution in [0.5, 0.6) is 11.5 Å². The molecule has 0 bridgehead atoms. The Hall–Kier alpha value is -1.82. The Kier molecular flexibility index (Phi) is 5.53. The molecule has 4 rings (SSSR count). The van der Waals surface area contributed by atoms with Crippen LogP contribution in [-0.2, 0) is 0 Å². The van der Waals surface area contributed by atoms with Crippen molar-refractivity contribution >= 4 is 33.2 Å². The molecule has 1 aliphatic heterocycles. The SMILES string of the molecule is CC1(Oc2ccc(Cl)cc2)CCCN(CCOc2ccc3scnc3c2)C1. The zero-order valence-corrected chi connectivity index (χ0v) is 16.9. The van der Waals surface area contributed by atoms with Crippen LogP contribution >= 0.6 is 22.9 Å². The fourth-order valence-electron chi connectivity index (χ4n) is 3.59. The van der Waals surface area contributed by atoms with Gasteiger partial charge in [-0.3, -0.25) is 4.90 Å². The number of rotatable bonds is 6. The highest BCUT2D eigenvalue weighted by molar-refractivity contribution is 7.16. The predicted octanol–water partition coefficient (Wildman–Crippen LogP) is 5.26. The van der Waals surface area contributed by atoms with Crippen LogP contribution in [0.25, 0.3) is 10.2 Å². The van der Waals surface area contributed by atoms with Gasteiger partial charge in [-0.05, 0) is 62.7 Å². The lowest BCUT2D eigenvalue weighted by molar-refractivity contribution is 0.00215. The van der Waals surface area contributed by atoms with E-state index in [1.54, 1.807) is 11.3 Å². The average molecular weight is 403 g/mol. The third-order valence-electron chi connectivity index (χ3n) is 4.89. The Morgan fingerprint density at radius 3 is 2.85 bits per heavy atom. The average Bonchev–Trinajstić information content (AvgIpc) is 3.11. The first-order chi connectivity index (χ1) is 13.1. The van der Waals surface area contributed by atoms with E-state index < -0.39 is 0 Å². The summed E-state index contributed by atoms with van der Waals surface area (Å²) in [5.41, 5.74) is 2.68. The molecule has 0 aliphatic carbocycles. The first kappa shape index (κ1) is 18.5. The first-order valence-electron chi connectivity index (χ1n) is 9.23. The van der Waals surface area contributed by atoms with Crippen molar-refractivity contribution in [1.82, 2.24) is 9.88 Å². The van der Waals surface area contributed by atoms with Crippen LogP contribution in [0.3, 0.4) is 0 Å². The lowest BCUT2D eigenvalue weighted by Crippen LogP contribution is -2.50. The summed E-state index contributed by atoms with van der Waals surface area (Å²) in [6, 6.07) is 13.7. The highest BCUT2D eigenvalue weighted by Crippen LogP contribution is 2.28. The molecule has 1 aliphatic rings. The summed E-state index contributed by atoms with van der Waals surface area (Å²) >= 11 is 7.61. The molecule has 0 amide bonds. The fourth-order valence-corrected chi connectivity index (χ4v) is 4.37. The highest BCUT2D eigenvalue weighted by atomic mass is 35.5. The molecule has 2 aromatic carbocycles. The number of nitrogens with zero attached hydrogens (tertiary/aromatic N) is 2. The molecule has 3 aromatic rings. The molecule has 142 valence electrons. The highest BCUT2D eigenvalue weighted by Gasteiger charge is 2.32. The van der Waals surface area contributed by atoms with Gasteiger partial charge in [0.2, 0.25) is 0 Å². The quantitative estimate of drug-likeness (QED) is 0.563. The van der Waals surface area contributed by atoms with Crippen LogP contribution in [0.1, 0.15) is 19.8 Å². The summed E-state index contributed by atoms with van der Waals surface area (Å²) in [6.07, 6.45) is 2.17. The second kappa shape index (κ2) is 8.05. The lowest BCUT2D eigenvalue weighted by Gasteiger charge is -2.40. The van der Waals surface area contributed by atoms with E-state index in [4.69, 9.17) is 21.1 Å². The van der Waals surface area contributed by atoms with Gasteiger partial charge in [-0.25, -0.2) is 4.98 Å². The molecule has 0 N–H and O–H groups in total. The van der Waals surface area contributed by atoms with Crippen LogP contribution in [0.4, 0.5) is 0 Å². The molecule has 1 saturated heterocycles. The number of likely N-dealkylation sites (tertiary alicyclic amines) is 1. The second-order valence-corrected chi connectivity index (χ2v) is 8.54. The van der Waals surface area contributed by atoms with Gasteiger partial charge >= 0.3 is 0 Å². The number of hydrogen-bond acceptors (Lipinski definition) is 5. The van der Waals surface area contributed by atoms with E-state index in [0.29, 0.717) is 6.61 Å². The number of thiazole rings is 1. The van der Waals surface area contributed by atoms with Crippen LogP contribution in [-0.4, -0.2) is 41.7 Å². The summed E-state index contributed by atoms with van der Waals surface area (Å²) in [5.74, 6) is 1.75. The van der Waals surface area contributed by atoms with Gasteiger partial charge in [0.1, 0.15) is 23.7 Å². The maximum atomic E-state index is 6.28. The number of halogens is 1. The van der Waals surface area contributed by atoms with Crippen LogP contribution in [0.2, 0.25) is 5.02 Å². The van der Waals surface area contributed by atoms with E-state index in [1.807, 2.05) is 41.9 Å². The molecule has 1 fully saturated rings. The zero-order valence-electron chi connectivity index (χ0n) is 15.4. The zero-order chi connectivity index (χ0) is 18.7. The van der Waals surface area contributed by atoms with Crippen molar-refractivity contribution in [1.29, 1.82) is 0 Å². The number of benzene rings is 2. The number of aromatic nitrogens is 1. The van der Waals surface area contributed by atoms with Crippen molar-refractivity contribution in [3.8, 4) is 11.5 Å². The Labute approximate surface area is 168 Å². The Bertz CT molecular complexity index is 899. The fraction of sp³-hybridized carbons (Fsp3) is 0.381. The maximum Gasteiger partial charge on any atom is 0.121 e. The molecule has 0 saturated carbocycles. The third kappa shape index (κ3) is 4.72. The standard InChI is InChI=1S/C21H23ClN2O2S/c1-21(26-17-5-3-16(22)4-6-17)9-2-10-24(14-21)11-12-25-18-7-8-20-19(13-18)23-15-27-20/h3-8,13,15H,2,9-12,14H2,1H3. The number of ether oxygens (including phenoxy) is 2. The van der Waals surface area contributed by atoms with E-state index in [2.05, 4.69) is 22.9 Å². The molecule has 27 heavy (non-hydrogen) atoms. The van der Waals surface area contributed by atoms with Crippen molar-refractivity contribution in [2.75, 3.05) is 26.2 Å². The smallest absolute Gasteiger partial charge is 0.121 e. The van der Waals surface area contributed by atoms with E-state index in [9.17, 15) is 0 Å².